The van der Waals surface area contributed by atoms with Gasteiger partial charge in [-0.3, -0.25) is 0 Å². The second-order valence-corrected chi connectivity index (χ2v) is 5.96. The van der Waals surface area contributed by atoms with Gasteiger partial charge in [0, 0.05) is 18.9 Å². The molecule has 2 aliphatic rings. The maximum atomic E-state index is 13.1. The molecule has 0 amide bonds. The molecule has 1 unspecified atom stereocenters. The Morgan fingerprint density at radius 3 is 2.29 bits per heavy atom. The summed E-state index contributed by atoms with van der Waals surface area (Å²) in [4.78, 5) is 0. The van der Waals surface area contributed by atoms with Gasteiger partial charge in [-0.1, -0.05) is 0 Å². The predicted molar refractivity (Wildman–Crippen MR) is 63.2 cm³/mol. The molecule has 100 valence electrons. The number of halogens is 2. The molecule has 0 aromatic heterocycles. The Morgan fingerprint density at radius 2 is 1.82 bits per heavy atom. The van der Waals surface area contributed by atoms with Gasteiger partial charge in [0.25, 0.3) is 0 Å². The van der Waals surface area contributed by atoms with Crippen LogP contribution < -0.4 is 5.32 Å². The molecule has 0 aromatic carbocycles. The summed E-state index contributed by atoms with van der Waals surface area (Å²) in [6.45, 7) is 0. The third-order valence-electron chi connectivity index (χ3n) is 4.50. The quantitative estimate of drug-likeness (QED) is 0.803. The number of alkyl halides is 2. The predicted octanol–water partition coefficient (Wildman–Crippen LogP) is 2.71. The molecule has 2 aliphatic carbocycles. The average molecular weight is 247 g/mol. The highest BCUT2D eigenvalue weighted by atomic mass is 19.3. The van der Waals surface area contributed by atoms with Gasteiger partial charge < -0.3 is 10.4 Å². The normalized spacial score (nSPS) is 41.6. The SMILES string of the molecule is CNC1CCC(O)(CC2CCC(F)(F)C2)CC1. The largest absolute Gasteiger partial charge is 0.390 e. The van der Waals surface area contributed by atoms with Crippen LogP contribution in [0.5, 0.6) is 0 Å². The first-order valence-corrected chi connectivity index (χ1v) is 6.70. The van der Waals surface area contributed by atoms with Crippen molar-refractivity contribution in [3.63, 3.8) is 0 Å². The fraction of sp³-hybridized carbons (Fsp3) is 1.00. The summed E-state index contributed by atoms with van der Waals surface area (Å²) in [6.07, 6.45) is 4.54. The van der Waals surface area contributed by atoms with Crippen LogP contribution in [0.3, 0.4) is 0 Å². The van der Waals surface area contributed by atoms with Gasteiger partial charge in [-0.25, -0.2) is 8.78 Å². The summed E-state index contributed by atoms with van der Waals surface area (Å²) in [6, 6.07) is 0.486. The second-order valence-electron chi connectivity index (χ2n) is 5.96. The Kier molecular flexibility index (Phi) is 3.74. The van der Waals surface area contributed by atoms with Crippen molar-refractivity contribution in [1.82, 2.24) is 5.32 Å². The van der Waals surface area contributed by atoms with Gasteiger partial charge in [0.1, 0.15) is 0 Å². The van der Waals surface area contributed by atoms with Crippen molar-refractivity contribution in [2.75, 3.05) is 7.05 Å². The minimum absolute atomic E-state index is 0.00683. The summed E-state index contributed by atoms with van der Waals surface area (Å²) in [5, 5.41) is 13.7. The van der Waals surface area contributed by atoms with Gasteiger partial charge in [-0.15, -0.1) is 0 Å². The van der Waals surface area contributed by atoms with Crippen molar-refractivity contribution in [3.8, 4) is 0 Å². The van der Waals surface area contributed by atoms with Crippen LogP contribution in [0.25, 0.3) is 0 Å². The highest BCUT2D eigenvalue weighted by molar-refractivity contribution is 4.92. The lowest BCUT2D eigenvalue weighted by molar-refractivity contribution is -0.0325. The topological polar surface area (TPSA) is 32.3 Å². The fourth-order valence-electron chi connectivity index (χ4n) is 3.40. The van der Waals surface area contributed by atoms with Gasteiger partial charge in [-0.2, -0.15) is 0 Å². The third-order valence-corrected chi connectivity index (χ3v) is 4.50. The molecule has 2 rings (SSSR count). The van der Waals surface area contributed by atoms with Crippen molar-refractivity contribution in [3.05, 3.63) is 0 Å². The molecule has 2 nitrogen and oxygen atoms in total. The Hall–Kier alpha value is -0.220. The highest BCUT2D eigenvalue weighted by Gasteiger charge is 2.43. The molecular weight excluding hydrogens is 224 g/mol. The molecule has 0 aromatic rings. The van der Waals surface area contributed by atoms with Crippen LogP contribution in [0, 0.1) is 5.92 Å². The Morgan fingerprint density at radius 1 is 1.18 bits per heavy atom. The lowest BCUT2D eigenvalue weighted by atomic mass is 9.76. The Labute approximate surface area is 102 Å². The van der Waals surface area contributed by atoms with Gasteiger partial charge in [0.15, 0.2) is 0 Å². The molecule has 4 heteroatoms. The van der Waals surface area contributed by atoms with Crippen molar-refractivity contribution < 1.29 is 13.9 Å². The summed E-state index contributed by atoms with van der Waals surface area (Å²) in [5.74, 6) is -2.47. The van der Waals surface area contributed by atoms with E-state index in [1.54, 1.807) is 0 Å². The van der Waals surface area contributed by atoms with E-state index in [1.807, 2.05) is 7.05 Å². The van der Waals surface area contributed by atoms with Gasteiger partial charge in [0.2, 0.25) is 5.92 Å². The van der Waals surface area contributed by atoms with Crippen LogP contribution in [-0.2, 0) is 0 Å². The zero-order valence-corrected chi connectivity index (χ0v) is 10.5. The molecule has 2 saturated carbocycles. The molecule has 17 heavy (non-hydrogen) atoms. The van der Waals surface area contributed by atoms with E-state index in [4.69, 9.17) is 0 Å². The summed E-state index contributed by atoms with van der Waals surface area (Å²) in [7, 11) is 1.94. The zero-order valence-electron chi connectivity index (χ0n) is 10.5. The smallest absolute Gasteiger partial charge is 0.248 e. The van der Waals surface area contributed by atoms with E-state index in [2.05, 4.69) is 5.32 Å². The van der Waals surface area contributed by atoms with E-state index < -0.39 is 11.5 Å². The molecule has 2 fully saturated rings. The third kappa shape index (κ3) is 3.38. The minimum atomic E-state index is -2.48. The molecule has 0 aliphatic heterocycles. The van der Waals surface area contributed by atoms with Crippen LogP contribution in [-0.4, -0.2) is 29.7 Å². The number of hydrogen-bond donors (Lipinski definition) is 2. The highest BCUT2D eigenvalue weighted by Crippen LogP contribution is 2.44. The lowest BCUT2D eigenvalue weighted by Crippen LogP contribution is -2.41. The average Bonchev–Trinajstić information content (AvgIpc) is 2.58. The molecule has 0 bridgehead atoms. The van der Waals surface area contributed by atoms with E-state index in [0.717, 1.165) is 25.7 Å². The monoisotopic (exact) mass is 247 g/mol. The molecule has 0 heterocycles. The number of hydrogen-bond acceptors (Lipinski definition) is 2. The number of nitrogens with one attached hydrogen (secondary N) is 1. The van der Waals surface area contributed by atoms with Gasteiger partial charge >= 0.3 is 0 Å². The molecule has 0 saturated heterocycles. The van der Waals surface area contributed by atoms with E-state index in [9.17, 15) is 13.9 Å². The fourth-order valence-corrected chi connectivity index (χ4v) is 3.40. The van der Waals surface area contributed by atoms with Crippen molar-refractivity contribution >= 4 is 0 Å². The van der Waals surface area contributed by atoms with Crippen LogP contribution in [0.4, 0.5) is 8.78 Å². The second kappa shape index (κ2) is 4.81. The Balaban J connectivity index is 1.83. The van der Waals surface area contributed by atoms with Crippen LogP contribution in [0.1, 0.15) is 51.4 Å². The maximum absolute atomic E-state index is 13.1. The first-order chi connectivity index (χ1) is 7.92. The molecule has 0 radical (unpaired) electrons. The van der Waals surface area contributed by atoms with Gasteiger partial charge in [0.05, 0.1) is 5.60 Å². The van der Waals surface area contributed by atoms with E-state index in [-0.39, 0.29) is 18.8 Å². The van der Waals surface area contributed by atoms with E-state index in [1.165, 1.54) is 0 Å². The zero-order chi connectivity index (χ0) is 12.5. The molecule has 1 atom stereocenters. The summed E-state index contributed by atoms with van der Waals surface area (Å²) < 4.78 is 26.2. The maximum Gasteiger partial charge on any atom is 0.248 e. The van der Waals surface area contributed by atoms with E-state index in [0.29, 0.717) is 18.9 Å². The van der Waals surface area contributed by atoms with Crippen LogP contribution in [0.15, 0.2) is 0 Å². The molecule has 2 N–H and O–H groups in total. The first kappa shape index (κ1) is 13.2. The first-order valence-electron chi connectivity index (χ1n) is 6.70. The molecule has 0 spiro atoms. The van der Waals surface area contributed by atoms with Crippen LogP contribution in [0.2, 0.25) is 0 Å². The lowest BCUT2D eigenvalue weighted by Gasteiger charge is -2.37. The number of rotatable bonds is 3. The van der Waals surface area contributed by atoms with Crippen molar-refractivity contribution in [2.24, 2.45) is 5.92 Å². The van der Waals surface area contributed by atoms with Crippen molar-refractivity contribution in [2.45, 2.75) is 68.9 Å². The Bertz CT molecular complexity index is 262. The van der Waals surface area contributed by atoms with Gasteiger partial charge in [-0.05, 0) is 51.5 Å². The minimum Gasteiger partial charge on any atom is -0.390 e. The van der Waals surface area contributed by atoms with E-state index >= 15 is 0 Å². The number of aliphatic hydroxyl groups is 1. The summed E-state index contributed by atoms with van der Waals surface area (Å²) in [5.41, 5.74) is -0.682. The van der Waals surface area contributed by atoms with Crippen molar-refractivity contribution in [1.29, 1.82) is 0 Å². The summed E-state index contributed by atoms with van der Waals surface area (Å²) >= 11 is 0. The van der Waals surface area contributed by atoms with Crippen LogP contribution >= 0.6 is 0 Å². The molecular formula is C13H23F2NO. The standard InChI is InChI=1S/C13H23F2NO/c1-16-11-3-5-12(17,6-4-11)8-10-2-7-13(14,15)9-10/h10-11,16-17H,2-9H2,1H3.